The van der Waals surface area contributed by atoms with Crippen molar-refractivity contribution < 1.29 is 14.6 Å². The van der Waals surface area contributed by atoms with E-state index in [1.165, 1.54) is 13.8 Å². The van der Waals surface area contributed by atoms with Gasteiger partial charge in [-0.1, -0.05) is 11.6 Å². The van der Waals surface area contributed by atoms with Crippen molar-refractivity contribution in [1.29, 1.82) is 0 Å². The molecular weight excluding hydrogens is 173 g/mol. The topological polar surface area (TPSA) is 66.5 Å². The van der Waals surface area contributed by atoms with E-state index in [4.69, 9.17) is 22.4 Å². The van der Waals surface area contributed by atoms with E-state index in [0.717, 1.165) is 0 Å². The SMILES string of the molecule is CC(C)(O)C(O)(Cl)[C@@H](F)CN. The van der Waals surface area contributed by atoms with Crippen molar-refractivity contribution >= 4 is 11.6 Å². The van der Waals surface area contributed by atoms with E-state index in [1.807, 2.05) is 0 Å². The van der Waals surface area contributed by atoms with Gasteiger partial charge in [0.1, 0.15) is 5.60 Å². The van der Waals surface area contributed by atoms with Crippen LogP contribution in [-0.4, -0.2) is 33.6 Å². The Kier molecular flexibility index (Phi) is 3.26. The van der Waals surface area contributed by atoms with E-state index in [1.54, 1.807) is 0 Å². The second-order valence-corrected chi connectivity index (χ2v) is 3.51. The lowest BCUT2D eigenvalue weighted by Crippen LogP contribution is -2.54. The first-order valence-corrected chi connectivity index (χ1v) is 3.59. The molecule has 1 unspecified atom stereocenters. The molecule has 0 fully saturated rings. The first-order valence-electron chi connectivity index (χ1n) is 3.21. The number of nitrogens with two attached hydrogens (primary N) is 1. The van der Waals surface area contributed by atoms with Crippen LogP contribution in [0.5, 0.6) is 0 Å². The summed E-state index contributed by atoms with van der Waals surface area (Å²) in [7, 11) is 0. The molecule has 0 saturated carbocycles. The van der Waals surface area contributed by atoms with Gasteiger partial charge in [0.2, 0.25) is 0 Å². The number of hydrogen-bond acceptors (Lipinski definition) is 3. The molecule has 0 rings (SSSR count). The fraction of sp³-hybridized carbons (Fsp3) is 1.00. The van der Waals surface area contributed by atoms with Gasteiger partial charge in [-0.2, -0.15) is 0 Å². The first-order chi connectivity index (χ1) is 4.73. The van der Waals surface area contributed by atoms with Crippen molar-refractivity contribution in [1.82, 2.24) is 0 Å². The second kappa shape index (κ2) is 3.23. The maximum atomic E-state index is 12.7. The molecule has 0 bridgehead atoms. The van der Waals surface area contributed by atoms with Gasteiger partial charge >= 0.3 is 0 Å². The summed E-state index contributed by atoms with van der Waals surface area (Å²) in [6, 6.07) is 0. The van der Waals surface area contributed by atoms with Gasteiger partial charge < -0.3 is 15.9 Å². The van der Waals surface area contributed by atoms with Crippen LogP contribution in [0.4, 0.5) is 4.39 Å². The molecule has 2 atom stereocenters. The average Bonchev–Trinajstić information content (AvgIpc) is 1.83. The highest BCUT2D eigenvalue weighted by Crippen LogP contribution is 2.31. The summed E-state index contributed by atoms with van der Waals surface area (Å²) in [6.45, 7) is 1.99. The fourth-order valence-corrected chi connectivity index (χ4v) is 0.629. The van der Waals surface area contributed by atoms with Crippen molar-refractivity contribution in [3.63, 3.8) is 0 Å². The molecule has 0 aliphatic heterocycles. The van der Waals surface area contributed by atoms with Crippen LogP contribution >= 0.6 is 11.6 Å². The maximum Gasteiger partial charge on any atom is 0.199 e. The molecule has 0 aliphatic carbocycles. The number of halogens is 2. The lowest BCUT2D eigenvalue weighted by molar-refractivity contribution is -0.112. The van der Waals surface area contributed by atoms with Gasteiger partial charge in [-0.3, -0.25) is 0 Å². The highest BCUT2D eigenvalue weighted by molar-refractivity contribution is 6.24. The zero-order valence-corrected chi connectivity index (χ0v) is 7.27. The van der Waals surface area contributed by atoms with Gasteiger partial charge in [-0.15, -0.1) is 0 Å². The first kappa shape index (κ1) is 11.1. The minimum absolute atomic E-state index is 0.427. The Labute approximate surface area is 70.0 Å². The number of alkyl halides is 2. The minimum atomic E-state index is -2.32. The van der Waals surface area contributed by atoms with Gasteiger partial charge in [0.25, 0.3) is 0 Å². The lowest BCUT2D eigenvalue weighted by atomic mass is 9.97. The lowest BCUT2D eigenvalue weighted by Gasteiger charge is -2.34. The Morgan fingerprint density at radius 1 is 1.55 bits per heavy atom. The molecule has 11 heavy (non-hydrogen) atoms. The van der Waals surface area contributed by atoms with E-state index in [-0.39, 0.29) is 0 Å². The van der Waals surface area contributed by atoms with Crippen LogP contribution in [-0.2, 0) is 0 Å². The van der Waals surface area contributed by atoms with Gasteiger partial charge in [-0.25, -0.2) is 4.39 Å². The summed E-state index contributed by atoms with van der Waals surface area (Å²) < 4.78 is 12.7. The van der Waals surface area contributed by atoms with Crippen LogP contribution in [0.15, 0.2) is 0 Å². The van der Waals surface area contributed by atoms with Gasteiger partial charge in [-0.05, 0) is 13.8 Å². The molecule has 68 valence electrons. The summed E-state index contributed by atoms with van der Waals surface area (Å²) in [5.41, 5.74) is 3.21. The summed E-state index contributed by atoms with van der Waals surface area (Å²) in [5.74, 6) is 0. The van der Waals surface area contributed by atoms with Crippen molar-refractivity contribution in [2.75, 3.05) is 6.54 Å². The molecule has 0 aromatic rings. The van der Waals surface area contributed by atoms with Crippen molar-refractivity contribution in [3.8, 4) is 0 Å². The van der Waals surface area contributed by atoms with Gasteiger partial charge in [0.05, 0.1) is 0 Å². The second-order valence-electron chi connectivity index (χ2n) is 2.94. The molecule has 0 aromatic carbocycles. The van der Waals surface area contributed by atoms with E-state index < -0.39 is 23.4 Å². The third kappa shape index (κ3) is 2.27. The minimum Gasteiger partial charge on any atom is -0.386 e. The molecule has 0 saturated heterocycles. The number of hydrogen-bond donors (Lipinski definition) is 3. The quantitative estimate of drug-likeness (QED) is 0.542. The van der Waals surface area contributed by atoms with Crippen molar-refractivity contribution in [2.45, 2.75) is 30.7 Å². The predicted octanol–water partition coefficient (Wildman–Crippen LogP) is -0.0185. The highest BCUT2D eigenvalue weighted by atomic mass is 35.5. The molecule has 5 heteroatoms. The summed E-state index contributed by atoms with van der Waals surface area (Å²) in [6.07, 6.45) is -1.84. The molecule has 0 amide bonds. The third-order valence-electron chi connectivity index (χ3n) is 1.48. The Balaban J connectivity index is 4.45. The van der Waals surface area contributed by atoms with Crippen molar-refractivity contribution in [3.05, 3.63) is 0 Å². The average molecular weight is 186 g/mol. The molecule has 3 nitrogen and oxygen atoms in total. The Morgan fingerprint density at radius 3 is 2.00 bits per heavy atom. The largest absolute Gasteiger partial charge is 0.386 e. The standard InChI is InChI=1S/C6H13ClFNO2/c1-5(2,10)6(7,11)4(8)3-9/h4,10-11H,3,9H2,1-2H3/t4-,6?/m0/s1. The van der Waals surface area contributed by atoms with Crippen LogP contribution in [0.3, 0.4) is 0 Å². The van der Waals surface area contributed by atoms with Crippen LogP contribution in [0, 0.1) is 0 Å². The van der Waals surface area contributed by atoms with E-state index in [2.05, 4.69) is 0 Å². The molecular formula is C6H13ClFNO2. The Morgan fingerprint density at radius 2 is 1.91 bits per heavy atom. The number of rotatable bonds is 3. The summed E-state index contributed by atoms with van der Waals surface area (Å²) >= 11 is 5.31. The summed E-state index contributed by atoms with van der Waals surface area (Å²) in [5, 5.41) is 16.0. The maximum absolute atomic E-state index is 12.7. The molecule has 0 aliphatic rings. The Bertz CT molecular complexity index is 135. The smallest absolute Gasteiger partial charge is 0.199 e. The van der Waals surface area contributed by atoms with E-state index in [9.17, 15) is 9.50 Å². The van der Waals surface area contributed by atoms with E-state index in [0.29, 0.717) is 0 Å². The third-order valence-corrected chi connectivity index (χ3v) is 2.18. The molecule has 0 spiro atoms. The van der Waals surface area contributed by atoms with Crippen LogP contribution in [0.1, 0.15) is 13.8 Å². The van der Waals surface area contributed by atoms with Gasteiger partial charge in [0, 0.05) is 6.54 Å². The van der Waals surface area contributed by atoms with E-state index >= 15 is 0 Å². The Hall–Kier alpha value is 0.1000. The molecule has 0 heterocycles. The zero-order valence-electron chi connectivity index (χ0n) is 6.51. The normalized spacial score (nSPS) is 21.0. The molecule has 0 radical (unpaired) electrons. The number of aliphatic hydroxyl groups is 2. The van der Waals surface area contributed by atoms with Crippen LogP contribution in [0.25, 0.3) is 0 Å². The van der Waals surface area contributed by atoms with Crippen molar-refractivity contribution in [2.24, 2.45) is 5.73 Å². The summed E-state index contributed by atoms with van der Waals surface area (Å²) in [4.78, 5) is 0. The monoisotopic (exact) mass is 185 g/mol. The molecule has 0 aromatic heterocycles. The van der Waals surface area contributed by atoms with Crippen LogP contribution in [0.2, 0.25) is 0 Å². The van der Waals surface area contributed by atoms with Gasteiger partial charge in [0.15, 0.2) is 11.2 Å². The zero-order chi connectivity index (χ0) is 9.28. The highest BCUT2D eigenvalue weighted by Gasteiger charge is 2.47. The predicted molar refractivity (Wildman–Crippen MR) is 41.1 cm³/mol. The fourth-order valence-electron chi connectivity index (χ4n) is 0.539. The van der Waals surface area contributed by atoms with Crippen LogP contribution < -0.4 is 5.73 Å². The molecule has 4 N–H and O–H groups in total.